The van der Waals surface area contributed by atoms with E-state index < -0.39 is 95.7 Å². The van der Waals surface area contributed by atoms with E-state index in [1.54, 1.807) is 72.1 Å². The molecule has 0 radical (unpaired) electrons. The van der Waals surface area contributed by atoms with Gasteiger partial charge < -0.3 is 52.1 Å². The highest BCUT2D eigenvalue weighted by molar-refractivity contribution is 5.98. The fourth-order valence-corrected chi connectivity index (χ4v) is 9.49. The fraction of sp³-hybridized carbons (Fsp3) is 0.633. The highest BCUT2D eigenvalue weighted by Crippen LogP contribution is 2.29. The van der Waals surface area contributed by atoms with E-state index in [9.17, 15) is 43.5 Å². The molecule has 3 aliphatic rings. The zero-order chi connectivity index (χ0) is 50.3. The van der Waals surface area contributed by atoms with E-state index in [0.717, 1.165) is 51.4 Å². The van der Waals surface area contributed by atoms with Crippen molar-refractivity contribution in [1.82, 2.24) is 51.7 Å². The number of aliphatic hydroxyl groups is 1. The quantitative estimate of drug-likeness (QED) is 0.101. The number of benzene rings is 1. The van der Waals surface area contributed by atoms with Gasteiger partial charge in [0.1, 0.15) is 23.8 Å². The van der Waals surface area contributed by atoms with Crippen LogP contribution >= 0.6 is 0 Å². The van der Waals surface area contributed by atoms with Crippen molar-refractivity contribution in [2.45, 2.75) is 141 Å². The van der Waals surface area contributed by atoms with Crippen molar-refractivity contribution in [3.63, 3.8) is 0 Å². The predicted molar refractivity (Wildman–Crippen MR) is 257 cm³/mol. The lowest BCUT2D eigenvalue weighted by atomic mass is 9.82. The topological polar surface area (TPSA) is 273 Å². The van der Waals surface area contributed by atoms with Gasteiger partial charge in [-0.15, -0.1) is 0 Å². The molecule has 5 rings (SSSR count). The summed E-state index contributed by atoms with van der Waals surface area (Å²) < 4.78 is 0. The first kappa shape index (κ1) is 53.8. The molecule has 7 atom stereocenters. The van der Waals surface area contributed by atoms with E-state index in [1.165, 1.54) is 28.4 Å². The number of aliphatic hydroxyl groups excluding tert-OH is 1. The van der Waals surface area contributed by atoms with Crippen LogP contribution in [0.2, 0.25) is 0 Å². The number of nitrogens with one attached hydrogen (secondary N) is 7. The number of nitrogens with zero attached hydrogens (tertiary/aromatic N) is 4. The summed E-state index contributed by atoms with van der Waals surface area (Å²) in [5.74, 6) is -5.51. The summed E-state index contributed by atoms with van der Waals surface area (Å²) in [6, 6.07) is 3.13. The highest BCUT2D eigenvalue weighted by Gasteiger charge is 2.45. The second kappa shape index (κ2) is 25.4. The van der Waals surface area contributed by atoms with Crippen LogP contribution in [0.5, 0.6) is 0 Å². The smallest absolute Gasteiger partial charge is 0.321 e. The minimum atomic E-state index is -1.79. The number of hydrogen-bond donors (Lipinski definition) is 8. The van der Waals surface area contributed by atoms with E-state index in [0.29, 0.717) is 24.9 Å². The summed E-state index contributed by atoms with van der Waals surface area (Å²) in [5, 5.41) is 30.9. The monoisotopic (exact) mass is 960 g/mol. The number of amides is 9. The molecular formula is C49H73N11O9. The molecule has 20 heteroatoms. The van der Waals surface area contributed by atoms with Crippen LogP contribution in [-0.2, 0) is 28.8 Å². The Balaban J connectivity index is 1.31. The lowest BCUT2D eigenvalue weighted by molar-refractivity contribution is -0.137. The maximum absolute atomic E-state index is 14.5. The Kier molecular flexibility index (Phi) is 19.8. The molecule has 69 heavy (non-hydrogen) atoms. The van der Waals surface area contributed by atoms with Gasteiger partial charge in [-0.05, 0) is 61.5 Å². The van der Waals surface area contributed by atoms with E-state index >= 15 is 0 Å². The van der Waals surface area contributed by atoms with Gasteiger partial charge in [-0.1, -0.05) is 90.8 Å². The molecule has 1 aliphatic heterocycles. The summed E-state index contributed by atoms with van der Waals surface area (Å²) in [5.41, 5.74) is -0.340. The molecule has 3 fully saturated rings. The third kappa shape index (κ3) is 15.4. The Labute approximate surface area is 405 Å². The molecule has 1 saturated heterocycles. The molecule has 9 amide bonds. The standard InChI is InChI=1S/C49H73N11O9/c1-7-17-34(40(62)45(66)52-27-37(61)56-39(47(68)59(5)6)31-20-13-9-14-21-31)54-42(63)33-28-60(48(69)53-32-22-15-10-16-23-32)29-36(33)55-46(67)41(49(2,3)4)58-44(65)38(30-18-11-8-12-19-30)57-43(64)35-26-50-24-25-51-35/h10,15-16,22-26,30-31,33-34,36,38-41,62H,7-9,11-14,17-21,27-29H2,1-6H3,(H,52,66)(H,53,69)(H,54,63)(H,55,67)(H,56,61)(H,57,64)(H,58,65)/t33?,34-,36?,38-,39-,40?,41+/m0/s1. The molecule has 2 heterocycles. The number of rotatable bonds is 19. The maximum Gasteiger partial charge on any atom is 0.321 e. The van der Waals surface area contributed by atoms with E-state index in [2.05, 4.69) is 47.2 Å². The van der Waals surface area contributed by atoms with E-state index in [1.807, 2.05) is 0 Å². The summed E-state index contributed by atoms with van der Waals surface area (Å²) in [4.78, 5) is 121. The van der Waals surface area contributed by atoms with Crippen molar-refractivity contribution in [3.05, 3.63) is 54.6 Å². The Morgan fingerprint density at radius 1 is 0.783 bits per heavy atom. The number of urea groups is 1. The van der Waals surface area contributed by atoms with Gasteiger partial charge in [0.05, 0.1) is 30.7 Å². The Hall–Kier alpha value is -6.18. The maximum atomic E-state index is 14.5. The number of carbonyl (C=O) groups excluding carboxylic acids is 8. The summed E-state index contributed by atoms with van der Waals surface area (Å²) in [6.07, 6.45) is 11.6. The molecule has 378 valence electrons. The van der Waals surface area contributed by atoms with Crippen LogP contribution in [0.3, 0.4) is 0 Å². The third-order valence-electron chi connectivity index (χ3n) is 13.3. The molecule has 0 spiro atoms. The normalized spacial score (nSPS) is 19.9. The number of likely N-dealkylation sites (N-methyl/N-ethyl adjacent to an activating group) is 1. The molecule has 2 aromatic rings. The molecular weight excluding hydrogens is 887 g/mol. The molecule has 2 saturated carbocycles. The van der Waals surface area contributed by atoms with Gasteiger partial charge in [-0.2, -0.15) is 0 Å². The number of para-hydroxylation sites is 1. The largest absolute Gasteiger partial charge is 0.381 e. The van der Waals surface area contributed by atoms with Crippen molar-refractivity contribution >= 4 is 53.1 Å². The number of likely N-dealkylation sites (tertiary alicyclic amines) is 1. The highest BCUT2D eigenvalue weighted by atomic mass is 16.3. The van der Waals surface area contributed by atoms with Crippen LogP contribution < -0.4 is 37.2 Å². The van der Waals surface area contributed by atoms with Gasteiger partial charge in [0, 0.05) is 45.3 Å². The molecule has 3 unspecified atom stereocenters. The number of carbonyl (C=O) groups is 8. The molecule has 8 N–H and O–H groups in total. The van der Waals surface area contributed by atoms with E-state index in [-0.39, 0.29) is 42.9 Å². The average Bonchev–Trinajstić information content (AvgIpc) is 3.77. The van der Waals surface area contributed by atoms with Crippen molar-refractivity contribution < 1.29 is 43.5 Å². The molecule has 2 aliphatic carbocycles. The van der Waals surface area contributed by atoms with Gasteiger partial charge in [-0.25, -0.2) is 9.78 Å². The third-order valence-corrected chi connectivity index (χ3v) is 13.3. The zero-order valence-corrected chi connectivity index (χ0v) is 40.9. The average molecular weight is 960 g/mol. The summed E-state index contributed by atoms with van der Waals surface area (Å²) in [6.45, 7) is 6.33. The first-order valence-electron chi connectivity index (χ1n) is 24.4. The Morgan fingerprint density at radius 2 is 1.42 bits per heavy atom. The van der Waals surface area contributed by atoms with Crippen LogP contribution in [0.15, 0.2) is 48.9 Å². The summed E-state index contributed by atoms with van der Waals surface area (Å²) >= 11 is 0. The van der Waals surface area contributed by atoms with Crippen LogP contribution in [0.1, 0.15) is 115 Å². The number of hydrogen-bond acceptors (Lipinski definition) is 11. The Bertz CT molecular complexity index is 2080. The Morgan fingerprint density at radius 3 is 2.00 bits per heavy atom. The van der Waals surface area contributed by atoms with Crippen molar-refractivity contribution in [2.75, 3.05) is 39.0 Å². The minimum Gasteiger partial charge on any atom is -0.381 e. The molecule has 1 aromatic carbocycles. The van der Waals surface area contributed by atoms with Gasteiger partial charge in [0.15, 0.2) is 6.10 Å². The molecule has 1 aromatic heterocycles. The second-order valence-electron chi connectivity index (χ2n) is 19.9. The van der Waals surface area contributed by atoms with E-state index in [4.69, 9.17) is 0 Å². The summed E-state index contributed by atoms with van der Waals surface area (Å²) in [7, 11) is 3.24. The second-order valence-corrected chi connectivity index (χ2v) is 19.9. The lowest BCUT2D eigenvalue weighted by Gasteiger charge is -2.35. The van der Waals surface area contributed by atoms with Crippen molar-refractivity contribution in [1.29, 1.82) is 0 Å². The van der Waals surface area contributed by atoms with Crippen LogP contribution in [-0.4, -0.2) is 142 Å². The lowest BCUT2D eigenvalue weighted by Crippen LogP contribution is -2.61. The van der Waals surface area contributed by atoms with Gasteiger partial charge >= 0.3 is 6.03 Å². The van der Waals surface area contributed by atoms with Crippen LogP contribution in [0.25, 0.3) is 0 Å². The number of anilines is 1. The first-order chi connectivity index (χ1) is 32.9. The SMILES string of the molecule is CCC[C@H](NC(=O)C1CN(C(=O)Nc2ccccc2)CC1NC(=O)[C@@H](NC(=O)[C@@H](NC(=O)c1cnccn1)C1CCCCC1)C(C)(C)C)C(O)C(=O)NCC(=O)N[C@H](C(=O)N(C)C)C1CCCCC1. The van der Waals surface area contributed by atoms with Gasteiger partial charge in [0.2, 0.25) is 29.5 Å². The fourth-order valence-electron chi connectivity index (χ4n) is 9.49. The minimum absolute atomic E-state index is 0.0389. The predicted octanol–water partition coefficient (Wildman–Crippen LogP) is 2.25. The van der Waals surface area contributed by atoms with Gasteiger partial charge in [-0.3, -0.25) is 38.5 Å². The molecule has 20 nitrogen and oxygen atoms in total. The first-order valence-corrected chi connectivity index (χ1v) is 24.4. The van der Waals surface area contributed by atoms with Gasteiger partial charge in [0.25, 0.3) is 11.8 Å². The van der Waals surface area contributed by atoms with Crippen LogP contribution in [0.4, 0.5) is 10.5 Å². The van der Waals surface area contributed by atoms with Crippen molar-refractivity contribution in [3.8, 4) is 0 Å². The van der Waals surface area contributed by atoms with Crippen LogP contribution in [0, 0.1) is 23.2 Å². The zero-order valence-electron chi connectivity index (χ0n) is 40.9. The number of aromatic nitrogens is 2. The van der Waals surface area contributed by atoms with Crippen molar-refractivity contribution in [2.24, 2.45) is 23.2 Å². The molecule has 0 bridgehead atoms.